The lowest BCUT2D eigenvalue weighted by Crippen LogP contribution is -2.11. The monoisotopic (exact) mass is 323 g/mol. The van der Waals surface area contributed by atoms with Crippen LogP contribution in [0.1, 0.15) is 19.3 Å². The van der Waals surface area contributed by atoms with Gasteiger partial charge in [-0.25, -0.2) is 0 Å². The van der Waals surface area contributed by atoms with Crippen LogP contribution in [0.5, 0.6) is 0 Å². The van der Waals surface area contributed by atoms with E-state index in [1.165, 1.54) is 0 Å². The number of carbonyl (C=O) groups is 1. The number of hydrogen-bond donors (Lipinski definition) is 1. The van der Waals surface area contributed by atoms with Gasteiger partial charge in [0, 0.05) is 17.4 Å². The number of nitrogens with one attached hydrogen (secondary N) is 1. The first kappa shape index (κ1) is 13.8. The minimum absolute atomic E-state index is 0.000612. The van der Waals surface area contributed by atoms with E-state index in [1.807, 2.05) is 0 Å². The third-order valence-corrected chi connectivity index (χ3v) is 3.29. The Bertz CT molecular complexity index is 371. The molecule has 16 heavy (non-hydrogen) atoms. The Hall–Kier alpha value is -0.250. The van der Waals surface area contributed by atoms with Crippen molar-refractivity contribution in [3.8, 4) is 0 Å². The summed E-state index contributed by atoms with van der Waals surface area (Å²) >= 11 is 14.9. The molecule has 0 aromatic heterocycles. The second-order valence-electron chi connectivity index (χ2n) is 3.32. The number of unbranched alkanes of at least 4 members (excludes halogenated alkanes) is 1. The van der Waals surface area contributed by atoms with E-state index in [1.54, 1.807) is 18.2 Å². The zero-order chi connectivity index (χ0) is 12.0. The van der Waals surface area contributed by atoms with Crippen LogP contribution in [-0.4, -0.2) is 11.2 Å². The summed E-state index contributed by atoms with van der Waals surface area (Å²) in [5, 5.41) is 4.62. The summed E-state index contributed by atoms with van der Waals surface area (Å²) in [5.41, 5.74) is 0.679. The van der Waals surface area contributed by atoms with Crippen molar-refractivity contribution < 1.29 is 4.79 Å². The molecule has 1 amide bonds. The molecule has 0 atom stereocenters. The first-order valence-electron chi connectivity index (χ1n) is 4.94. The molecule has 0 spiro atoms. The van der Waals surface area contributed by atoms with Gasteiger partial charge in [0.1, 0.15) is 0 Å². The van der Waals surface area contributed by atoms with E-state index in [0.29, 0.717) is 22.2 Å². The molecule has 88 valence electrons. The van der Waals surface area contributed by atoms with E-state index in [9.17, 15) is 4.79 Å². The zero-order valence-electron chi connectivity index (χ0n) is 8.60. The van der Waals surface area contributed by atoms with Gasteiger partial charge >= 0.3 is 0 Å². The molecule has 1 N–H and O–H groups in total. The molecular formula is C11H12BrCl2NO. The second-order valence-corrected chi connectivity index (χ2v) is 4.93. The summed E-state index contributed by atoms with van der Waals surface area (Å²) in [6.07, 6.45) is 2.39. The van der Waals surface area contributed by atoms with Gasteiger partial charge in [0.15, 0.2) is 0 Å². The van der Waals surface area contributed by atoms with Crippen LogP contribution in [0.25, 0.3) is 0 Å². The molecule has 0 aliphatic heterocycles. The molecule has 0 aliphatic carbocycles. The van der Waals surface area contributed by atoms with Crippen molar-refractivity contribution in [3.05, 3.63) is 28.2 Å². The molecule has 0 fully saturated rings. The van der Waals surface area contributed by atoms with Crippen LogP contribution in [0.4, 0.5) is 5.69 Å². The highest BCUT2D eigenvalue weighted by Gasteiger charge is 2.04. The number of halogens is 3. The Balaban J connectivity index is 2.46. The van der Waals surface area contributed by atoms with Gasteiger partial charge in [-0.3, -0.25) is 4.79 Å². The van der Waals surface area contributed by atoms with Crippen molar-refractivity contribution in [2.45, 2.75) is 19.3 Å². The average molecular weight is 325 g/mol. The van der Waals surface area contributed by atoms with Crippen LogP contribution in [0, 0.1) is 0 Å². The fourth-order valence-corrected chi connectivity index (χ4v) is 1.87. The lowest BCUT2D eigenvalue weighted by Gasteiger charge is -2.05. The van der Waals surface area contributed by atoms with Crippen LogP contribution in [0.2, 0.25) is 10.0 Å². The van der Waals surface area contributed by atoms with Gasteiger partial charge in [-0.1, -0.05) is 39.1 Å². The molecule has 0 radical (unpaired) electrons. The zero-order valence-corrected chi connectivity index (χ0v) is 11.7. The first-order chi connectivity index (χ1) is 7.63. The van der Waals surface area contributed by atoms with Gasteiger partial charge in [0.25, 0.3) is 0 Å². The number of amides is 1. The SMILES string of the molecule is O=C(CCCCBr)Nc1ccc(Cl)c(Cl)c1. The third-order valence-electron chi connectivity index (χ3n) is 1.99. The van der Waals surface area contributed by atoms with Gasteiger partial charge < -0.3 is 5.32 Å². The molecule has 0 saturated heterocycles. The highest BCUT2D eigenvalue weighted by molar-refractivity contribution is 9.09. The van der Waals surface area contributed by atoms with E-state index in [2.05, 4.69) is 21.2 Å². The molecular weight excluding hydrogens is 313 g/mol. The van der Waals surface area contributed by atoms with Crippen molar-refractivity contribution in [2.75, 3.05) is 10.6 Å². The average Bonchev–Trinajstić information content (AvgIpc) is 2.24. The smallest absolute Gasteiger partial charge is 0.224 e. The predicted octanol–water partition coefficient (Wildman–Crippen LogP) is 4.50. The van der Waals surface area contributed by atoms with Crippen LogP contribution >= 0.6 is 39.1 Å². The molecule has 1 aromatic carbocycles. The number of carbonyl (C=O) groups excluding carboxylic acids is 1. The molecule has 1 aromatic rings. The molecule has 0 heterocycles. The van der Waals surface area contributed by atoms with Gasteiger partial charge in [-0.2, -0.15) is 0 Å². The van der Waals surface area contributed by atoms with Crippen molar-refractivity contribution in [1.29, 1.82) is 0 Å². The lowest BCUT2D eigenvalue weighted by molar-refractivity contribution is -0.116. The van der Waals surface area contributed by atoms with Crippen molar-refractivity contribution >= 4 is 50.7 Å². The Morgan fingerprint density at radius 3 is 2.62 bits per heavy atom. The normalized spacial score (nSPS) is 10.2. The quantitative estimate of drug-likeness (QED) is 0.627. The minimum atomic E-state index is -0.000612. The maximum atomic E-state index is 11.5. The summed E-state index contributed by atoms with van der Waals surface area (Å²) in [5.74, 6) is -0.000612. The van der Waals surface area contributed by atoms with Crippen LogP contribution in [0.15, 0.2) is 18.2 Å². The first-order valence-corrected chi connectivity index (χ1v) is 6.82. The van der Waals surface area contributed by atoms with E-state index in [-0.39, 0.29) is 5.91 Å². The van der Waals surface area contributed by atoms with E-state index >= 15 is 0 Å². The Morgan fingerprint density at radius 2 is 2.00 bits per heavy atom. The summed E-state index contributed by atoms with van der Waals surface area (Å²) in [7, 11) is 0. The van der Waals surface area contributed by atoms with Crippen molar-refractivity contribution in [1.82, 2.24) is 0 Å². The Labute approximate surface area is 113 Å². The largest absolute Gasteiger partial charge is 0.326 e. The Morgan fingerprint density at radius 1 is 1.25 bits per heavy atom. The second kappa shape index (κ2) is 7.15. The Kier molecular flexibility index (Phi) is 6.17. The highest BCUT2D eigenvalue weighted by atomic mass is 79.9. The van der Waals surface area contributed by atoms with Gasteiger partial charge in [-0.05, 0) is 31.0 Å². The van der Waals surface area contributed by atoms with Crippen molar-refractivity contribution in [2.24, 2.45) is 0 Å². The molecule has 0 unspecified atom stereocenters. The number of rotatable bonds is 5. The van der Waals surface area contributed by atoms with Crippen LogP contribution < -0.4 is 5.32 Å². The molecule has 5 heteroatoms. The number of benzene rings is 1. The van der Waals surface area contributed by atoms with Gasteiger partial charge in [0.2, 0.25) is 5.91 Å². The summed E-state index contributed by atoms with van der Waals surface area (Å²) in [4.78, 5) is 11.5. The maximum Gasteiger partial charge on any atom is 0.224 e. The molecule has 0 saturated carbocycles. The van der Waals surface area contributed by atoms with Crippen LogP contribution in [-0.2, 0) is 4.79 Å². The topological polar surface area (TPSA) is 29.1 Å². The fraction of sp³-hybridized carbons (Fsp3) is 0.364. The maximum absolute atomic E-state index is 11.5. The summed E-state index contributed by atoms with van der Waals surface area (Å²) in [6.45, 7) is 0. The number of anilines is 1. The fourth-order valence-electron chi connectivity index (χ4n) is 1.18. The molecule has 1 rings (SSSR count). The number of hydrogen-bond acceptors (Lipinski definition) is 1. The third kappa shape index (κ3) is 4.73. The van der Waals surface area contributed by atoms with E-state index in [0.717, 1.165) is 18.2 Å². The van der Waals surface area contributed by atoms with Gasteiger partial charge in [0.05, 0.1) is 10.0 Å². The van der Waals surface area contributed by atoms with Crippen molar-refractivity contribution in [3.63, 3.8) is 0 Å². The van der Waals surface area contributed by atoms with E-state index < -0.39 is 0 Å². The number of alkyl halides is 1. The minimum Gasteiger partial charge on any atom is -0.326 e. The van der Waals surface area contributed by atoms with Crippen LogP contribution in [0.3, 0.4) is 0 Å². The molecule has 0 bridgehead atoms. The summed E-state index contributed by atoms with van der Waals surface area (Å²) < 4.78 is 0. The standard InChI is InChI=1S/C11H12BrCl2NO/c12-6-2-1-3-11(16)15-8-4-5-9(13)10(14)7-8/h4-5,7H,1-3,6H2,(H,15,16). The highest BCUT2D eigenvalue weighted by Crippen LogP contribution is 2.25. The lowest BCUT2D eigenvalue weighted by atomic mass is 10.2. The van der Waals surface area contributed by atoms with E-state index in [4.69, 9.17) is 23.2 Å². The van der Waals surface area contributed by atoms with Gasteiger partial charge in [-0.15, -0.1) is 0 Å². The molecule has 2 nitrogen and oxygen atoms in total. The molecule has 0 aliphatic rings. The predicted molar refractivity (Wildman–Crippen MR) is 72.7 cm³/mol. The summed E-state index contributed by atoms with van der Waals surface area (Å²) in [6, 6.07) is 5.04.